The summed E-state index contributed by atoms with van der Waals surface area (Å²) in [5, 5.41) is 21.8. The van der Waals surface area contributed by atoms with Crippen LogP contribution in [0.4, 0.5) is 0 Å². The lowest BCUT2D eigenvalue weighted by atomic mass is 9.85. The van der Waals surface area contributed by atoms with Crippen molar-refractivity contribution in [3.8, 4) is 0 Å². The van der Waals surface area contributed by atoms with Crippen LogP contribution in [0.2, 0.25) is 0 Å². The van der Waals surface area contributed by atoms with Crippen molar-refractivity contribution >= 4 is 21.8 Å². The van der Waals surface area contributed by atoms with Crippen molar-refractivity contribution in [2.75, 3.05) is 13.1 Å². The number of β-amino-alcohol motifs (C(OH)–C–C–N with tert-alkyl or cyclic N) is 1. The van der Waals surface area contributed by atoms with Gasteiger partial charge in [0.15, 0.2) is 0 Å². The summed E-state index contributed by atoms with van der Waals surface area (Å²) < 4.78 is 29.0. The maximum absolute atomic E-state index is 13.8. The zero-order chi connectivity index (χ0) is 28.5. The Labute approximate surface area is 230 Å². The molecule has 4 rings (SSSR count). The number of nitrogens with one attached hydrogen (secondary N) is 2. The number of likely N-dealkylation sites (tertiary alicyclic amines) is 1. The van der Waals surface area contributed by atoms with Crippen LogP contribution < -0.4 is 10.0 Å². The molecule has 1 aromatic carbocycles. The molecule has 2 amide bonds. The molecular formula is C27H40N6O5S. The first-order valence-corrected chi connectivity index (χ1v) is 15.0. The van der Waals surface area contributed by atoms with Gasteiger partial charge in [0.2, 0.25) is 21.8 Å². The van der Waals surface area contributed by atoms with E-state index in [0.717, 1.165) is 18.5 Å². The third-order valence-corrected chi connectivity index (χ3v) is 8.53. The quantitative estimate of drug-likeness (QED) is 0.403. The Hall–Kier alpha value is -2.83. The number of aliphatic hydroxyl groups excluding tert-OH is 1. The molecule has 1 saturated carbocycles. The van der Waals surface area contributed by atoms with E-state index >= 15 is 0 Å². The molecule has 2 fully saturated rings. The van der Waals surface area contributed by atoms with E-state index < -0.39 is 33.6 Å². The van der Waals surface area contributed by atoms with Crippen molar-refractivity contribution in [1.82, 2.24) is 29.9 Å². The monoisotopic (exact) mass is 560 g/mol. The highest BCUT2D eigenvalue weighted by Crippen LogP contribution is 2.40. The summed E-state index contributed by atoms with van der Waals surface area (Å²) in [4.78, 5) is 28.6. The Bertz CT molecular complexity index is 1280. The van der Waals surface area contributed by atoms with Crippen LogP contribution in [0.3, 0.4) is 0 Å². The molecular weight excluding hydrogens is 520 g/mol. The van der Waals surface area contributed by atoms with E-state index in [1.807, 2.05) is 40.8 Å². The molecule has 1 saturated heterocycles. The third-order valence-electron chi connectivity index (χ3n) is 7.09. The third kappa shape index (κ3) is 7.03. The van der Waals surface area contributed by atoms with Gasteiger partial charge in [-0.1, -0.05) is 52.0 Å². The molecule has 11 nitrogen and oxygen atoms in total. The number of sulfonamides is 1. The average Bonchev–Trinajstić information content (AvgIpc) is 3.47. The fourth-order valence-corrected chi connectivity index (χ4v) is 5.99. The summed E-state index contributed by atoms with van der Waals surface area (Å²) in [5.74, 6) is -0.0768. The van der Waals surface area contributed by atoms with Crippen molar-refractivity contribution in [2.45, 2.75) is 89.4 Å². The molecule has 0 radical (unpaired) electrons. The SMILES string of the molecule is CC(C)CNS(=O)(=O)c1ccc(CNC(=O)[C@@H]2C[C@@H](O)CN2C(=O)[C@@H](n2cc(C3CC3)nn2)C(C)(C)C)cc1. The van der Waals surface area contributed by atoms with Crippen LogP contribution in [0.1, 0.15) is 77.1 Å². The molecule has 1 aliphatic heterocycles. The average molecular weight is 561 g/mol. The first-order chi connectivity index (χ1) is 18.3. The van der Waals surface area contributed by atoms with E-state index in [1.165, 1.54) is 17.0 Å². The van der Waals surface area contributed by atoms with Gasteiger partial charge in [-0.15, -0.1) is 5.10 Å². The Morgan fingerprint density at radius 3 is 2.41 bits per heavy atom. The van der Waals surface area contributed by atoms with Gasteiger partial charge in [0.05, 0.1) is 16.7 Å². The number of carbonyl (C=O) groups excluding carboxylic acids is 2. The standard InChI is InChI=1S/C27H40N6O5S/c1-17(2)13-29-39(37,38)21-10-6-18(7-11-21)14-28-25(35)23-12-20(34)15-32(23)26(36)24(27(3,4)5)33-16-22(30-31-33)19-8-9-19/h6-7,10-11,16-17,19-20,23-24,29,34H,8-9,12-15H2,1-5H3,(H,28,35)/t20-,23+,24-/m1/s1. The molecule has 12 heteroatoms. The van der Waals surface area contributed by atoms with Crippen LogP contribution in [-0.2, 0) is 26.2 Å². The van der Waals surface area contributed by atoms with Crippen molar-refractivity contribution < 1.29 is 23.1 Å². The number of hydrogen-bond acceptors (Lipinski definition) is 7. The molecule has 3 N–H and O–H groups in total. The van der Waals surface area contributed by atoms with Crippen molar-refractivity contribution in [2.24, 2.45) is 11.3 Å². The summed E-state index contributed by atoms with van der Waals surface area (Å²) in [7, 11) is -3.60. The normalized spacial score (nSPS) is 20.8. The predicted octanol–water partition coefficient (Wildman–Crippen LogP) is 1.96. The number of aromatic nitrogens is 3. The number of nitrogens with zero attached hydrogens (tertiary/aromatic N) is 4. The van der Waals surface area contributed by atoms with E-state index in [2.05, 4.69) is 20.4 Å². The van der Waals surface area contributed by atoms with Gasteiger partial charge >= 0.3 is 0 Å². The lowest BCUT2D eigenvalue weighted by molar-refractivity contribution is -0.144. The molecule has 3 atom stereocenters. The van der Waals surface area contributed by atoms with E-state index in [4.69, 9.17) is 0 Å². The Morgan fingerprint density at radius 1 is 1.15 bits per heavy atom. The van der Waals surface area contributed by atoms with Gasteiger partial charge in [0, 0.05) is 38.2 Å². The summed E-state index contributed by atoms with van der Waals surface area (Å²) in [5.41, 5.74) is 1.08. The number of rotatable bonds is 10. The van der Waals surface area contributed by atoms with Crippen LogP contribution in [0.15, 0.2) is 35.4 Å². The molecule has 39 heavy (non-hydrogen) atoms. The maximum Gasteiger partial charge on any atom is 0.248 e. The summed E-state index contributed by atoms with van der Waals surface area (Å²) in [6, 6.07) is 4.78. The highest BCUT2D eigenvalue weighted by molar-refractivity contribution is 7.89. The van der Waals surface area contributed by atoms with Crippen molar-refractivity contribution in [1.29, 1.82) is 0 Å². The smallest absolute Gasteiger partial charge is 0.248 e. The van der Waals surface area contributed by atoms with Gasteiger partial charge in [0.25, 0.3) is 0 Å². The predicted molar refractivity (Wildman–Crippen MR) is 145 cm³/mol. The number of hydrogen-bond donors (Lipinski definition) is 3. The van der Waals surface area contributed by atoms with Gasteiger partial charge in [0.1, 0.15) is 12.1 Å². The molecule has 0 spiro atoms. The lowest BCUT2D eigenvalue weighted by Crippen LogP contribution is -2.50. The summed E-state index contributed by atoms with van der Waals surface area (Å²) >= 11 is 0. The molecule has 1 aliphatic carbocycles. The summed E-state index contributed by atoms with van der Waals surface area (Å²) in [6.45, 7) is 10.2. The molecule has 214 valence electrons. The summed E-state index contributed by atoms with van der Waals surface area (Å²) in [6.07, 6.45) is 3.29. The maximum atomic E-state index is 13.8. The van der Waals surface area contributed by atoms with Gasteiger partial charge in [-0.05, 0) is 41.9 Å². The fraction of sp³-hybridized carbons (Fsp3) is 0.630. The first kappa shape index (κ1) is 29.2. The van der Waals surface area contributed by atoms with E-state index in [-0.39, 0.29) is 42.1 Å². The van der Waals surface area contributed by atoms with Crippen molar-refractivity contribution in [3.05, 3.63) is 41.7 Å². The minimum Gasteiger partial charge on any atom is -0.391 e. The molecule has 2 aliphatic rings. The van der Waals surface area contributed by atoms with Crippen LogP contribution in [0.5, 0.6) is 0 Å². The fourth-order valence-electron chi connectivity index (χ4n) is 4.78. The number of benzene rings is 1. The second-order valence-electron chi connectivity index (χ2n) is 12.2. The Kier molecular flexibility index (Phi) is 8.48. The van der Waals surface area contributed by atoms with Gasteiger partial charge in [-0.25, -0.2) is 17.8 Å². The minimum absolute atomic E-state index is 0.0591. The number of carbonyl (C=O) groups is 2. The number of aliphatic hydroxyl groups is 1. The highest BCUT2D eigenvalue weighted by atomic mass is 32.2. The molecule has 0 bridgehead atoms. The molecule has 1 aromatic heterocycles. The second-order valence-corrected chi connectivity index (χ2v) is 13.9. The molecule has 2 heterocycles. The van der Waals surface area contributed by atoms with Gasteiger partial charge < -0.3 is 15.3 Å². The van der Waals surface area contributed by atoms with E-state index in [0.29, 0.717) is 18.0 Å². The molecule has 2 aromatic rings. The Morgan fingerprint density at radius 2 is 1.82 bits per heavy atom. The van der Waals surface area contributed by atoms with E-state index in [1.54, 1.807) is 16.8 Å². The lowest BCUT2D eigenvalue weighted by Gasteiger charge is -2.34. The van der Waals surface area contributed by atoms with Crippen molar-refractivity contribution in [3.63, 3.8) is 0 Å². The zero-order valence-electron chi connectivity index (χ0n) is 23.3. The van der Waals surface area contributed by atoms with Gasteiger partial charge in [-0.2, -0.15) is 0 Å². The molecule has 0 unspecified atom stereocenters. The van der Waals surface area contributed by atoms with Gasteiger partial charge in [-0.3, -0.25) is 9.59 Å². The van der Waals surface area contributed by atoms with Crippen LogP contribution >= 0.6 is 0 Å². The van der Waals surface area contributed by atoms with E-state index in [9.17, 15) is 23.1 Å². The van der Waals surface area contributed by atoms with Crippen LogP contribution in [0, 0.1) is 11.3 Å². The topological polar surface area (TPSA) is 147 Å². The van der Waals surface area contributed by atoms with Crippen LogP contribution in [0.25, 0.3) is 0 Å². The first-order valence-electron chi connectivity index (χ1n) is 13.5. The number of amides is 2. The zero-order valence-corrected chi connectivity index (χ0v) is 24.1. The largest absolute Gasteiger partial charge is 0.391 e. The van der Waals surface area contributed by atoms with Crippen LogP contribution in [-0.4, -0.2) is 70.5 Å². The second kappa shape index (κ2) is 11.3. The minimum atomic E-state index is -3.60. The highest BCUT2D eigenvalue weighted by Gasteiger charge is 2.45. The Balaban J connectivity index is 1.43.